The van der Waals surface area contributed by atoms with Crippen molar-refractivity contribution in [2.45, 2.75) is 0 Å². The Morgan fingerprint density at radius 2 is 1.19 bits per heavy atom. The van der Waals surface area contributed by atoms with E-state index >= 15 is 0 Å². The topological polar surface area (TPSA) is 3.24 Å². The van der Waals surface area contributed by atoms with Crippen LogP contribution in [0, 0.1) is 0 Å². The molecular formula is C25H19N. The molecule has 0 saturated carbocycles. The highest BCUT2D eigenvalue weighted by Crippen LogP contribution is 2.46. The first kappa shape index (κ1) is 15.0. The van der Waals surface area contributed by atoms with Gasteiger partial charge in [-0.3, -0.25) is 0 Å². The van der Waals surface area contributed by atoms with Crippen LogP contribution in [0.25, 0.3) is 22.0 Å². The maximum atomic E-state index is 2.34. The average molecular weight is 333 g/mol. The third kappa shape index (κ3) is 2.18. The lowest BCUT2D eigenvalue weighted by molar-refractivity contribution is 1.22. The van der Waals surface area contributed by atoms with Crippen molar-refractivity contribution < 1.29 is 0 Å². The average Bonchev–Trinajstić information content (AvgIpc) is 2.71. The van der Waals surface area contributed by atoms with Crippen LogP contribution in [0.3, 0.4) is 0 Å². The minimum atomic E-state index is 1.24. The summed E-state index contributed by atoms with van der Waals surface area (Å²) in [4.78, 5) is 2.34. The Morgan fingerprint density at radius 1 is 0.577 bits per heavy atom. The van der Waals surface area contributed by atoms with Crippen LogP contribution in [0.5, 0.6) is 0 Å². The molecule has 0 unspecified atom stereocenters. The van der Waals surface area contributed by atoms with Gasteiger partial charge in [-0.2, -0.15) is 0 Å². The van der Waals surface area contributed by atoms with Gasteiger partial charge in [0.25, 0.3) is 0 Å². The summed E-state index contributed by atoms with van der Waals surface area (Å²) in [5.41, 5.74) is 7.60. The van der Waals surface area contributed by atoms with E-state index in [-0.39, 0.29) is 0 Å². The fourth-order valence-electron chi connectivity index (χ4n) is 4.06. The molecule has 124 valence electrons. The van der Waals surface area contributed by atoms with Crippen molar-refractivity contribution in [2.24, 2.45) is 0 Å². The molecule has 0 aliphatic carbocycles. The SMILES string of the molecule is CN1C(c2ccccc2)=C(c2ccccc2)c2cccc3cccc1c23. The first-order chi connectivity index (χ1) is 12.8. The molecule has 0 aromatic heterocycles. The molecule has 1 nitrogen and oxygen atoms in total. The second-order valence-corrected chi connectivity index (χ2v) is 6.70. The van der Waals surface area contributed by atoms with Gasteiger partial charge in [0, 0.05) is 23.7 Å². The number of benzene rings is 4. The predicted octanol–water partition coefficient (Wildman–Crippen LogP) is 6.21. The van der Waals surface area contributed by atoms with Gasteiger partial charge >= 0.3 is 0 Å². The number of hydrogen-bond acceptors (Lipinski definition) is 1. The minimum Gasteiger partial charge on any atom is -0.343 e. The second kappa shape index (κ2) is 5.89. The Labute approximate surface area is 153 Å². The van der Waals surface area contributed by atoms with E-state index in [0.717, 1.165) is 0 Å². The van der Waals surface area contributed by atoms with E-state index in [0.29, 0.717) is 0 Å². The zero-order valence-electron chi connectivity index (χ0n) is 14.7. The standard InChI is InChI=1S/C25H19N/c1-26-22-17-9-15-18-14-8-16-21(23(18)22)24(19-10-4-2-5-11-19)25(26)20-12-6-3-7-13-20/h2-17H,1H3. The summed E-state index contributed by atoms with van der Waals surface area (Å²) in [5.74, 6) is 0. The fourth-order valence-corrected chi connectivity index (χ4v) is 4.06. The first-order valence-electron chi connectivity index (χ1n) is 8.95. The molecular weight excluding hydrogens is 314 g/mol. The van der Waals surface area contributed by atoms with E-state index in [9.17, 15) is 0 Å². The van der Waals surface area contributed by atoms with Crippen molar-refractivity contribution in [1.82, 2.24) is 0 Å². The fraction of sp³-hybridized carbons (Fsp3) is 0.0400. The van der Waals surface area contributed by atoms with E-state index < -0.39 is 0 Å². The van der Waals surface area contributed by atoms with Crippen LogP contribution in [-0.4, -0.2) is 7.05 Å². The van der Waals surface area contributed by atoms with Gasteiger partial charge in [-0.15, -0.1) is 0 Å². The summed E-state index contributed by atoms with van der Waals surface area (Å²) in [6.07, 6.45) is 0. The highest BCUT2D eigenvalue weighted by Gasteiger charge is 2.26. The number of anilines is 1. The van der Waals surface area contributed by atoms with E-state index in [1.54, 1.807) is 0 Å². The lowest BCUT2D eigenvalue weighted by Gasteiger charge is -2.33. The van der Waals surface area contributed by atoms with E-state index in [2.05, 4.69) is 109 Å². The molecule has 0 radical (unpaired) electrons. The molecule has 0 amide bonds. The van der Waals surface area contributed by atoms with E-state index in [1.807, 2.05) is 0 Å². The summed E-state index contributed by atoms with van der Waals surface area (Å²) >= 11 is 0. The van der Waals surface area contributed by atoms with Crippen molar-refractivity contribution in [1.29, 1.82) is 0 Å². The predicted molar refractivity (Wildman–Crippen MR) is 111 cm³/mol. The monoisotopic (exact) mass is 333 g/mol. The molecule has 26 heavy (non-hydrogen) atoms. The van der Waals surface area contributed by atoms with Crippen molar-refractivity contribution in [2.75, 3.05) is 11.9 Å². The van der Waals surface area contributed by atoms with Crippen LogP contribution in [0.15, 0.2) is 97.1 Å². The third-order valence-corrected chi connectivity index (χ3v) is 5.20. The molecule has 1 aliphatic heterocycles. The molecule has 0 fully saturated rings. The van der Waals surface area contributed by atoms with E-state index in [4.69, 9.17) is 0 Å². The summed E-state index contributed by atoms with van der Waals surface area (Å²) < 4.78 is 0. The summed E-state index contributed by atoms with van der Waals surface area (Å²) in [6, 6.07) is 34.6. The first-order valence-corrected chi connectivity index (χ1v) is 8.95. The normalized spacial score (nSPS) is 13.3. The lowest BCUT2D eigenvalue weighted by atomic mass is 9.85. The Balaban J connectivity index is 1.94. The molecule has 0 bridgehead atoms. The maximum absolute atomic E-state index is 2.34. The summed E-state index contributed by atoms with van der Waals surface area (Å²) in [7, 11) is 2.18. The van der Waals surface area contributed by atoms with Gasteiger partial charge in [-0.1, -0.05) is 91.0 Å². The van der Waals surface area contributed by atoms with E-state index in [1.165, 1.54) is 44.4 Å². The minimum absolute atomic E-state index is 1.24. The van der Waals surface area contributed by atoms with Crippen molar-refractivity contribution in [3.8, 4) is 0 Å². The molecule has 0 atom stereocenters. The zero-order chi connectivity index (χ0) is 17.5. The largest absolute Gasteiger partial charge is 0.343 e. The Morgan fingerprint density at radius 3 is 1.88 bits per heavy atom. The maximum Gasteiger partial charge on any atom is 0.0567 e. The molecule has 1 heteroatoms. The van der Waals surface area contributed by atoms with Crippen LogP contribution in [0.2, 0.25) is 0 Å². The molecule has 1 heterocycles. The van der Waals surface area contributed by atoms with Crippen molar-refractivity contribution in [3.05, 3.63) is 114 Å². The summed E-state index contributed by atoms with van der Waals surface area (Å²) in [6.45, 7) is 0. The zero-order valence-corrected chi connectivity index (χ0v) is 14.7. The smallest absolute Gasteiger partial charge is 0.0567 e. The highest BCUT2D eigenvalue weighted by molar-refractivity contribution is 6.17. The van der Waals surface area contributed by atoms with Crippen LogP contribution in [0.1, 0.15) is 16.7 Å². The molecule has 0 spiro atoms. The van der Waals surface area contributed by atoms with Gasteiger partial charge in [0.2, 0.25) is 0 Å². The van der Waals surface area contributed by atoms with Gasteiger partial charge in [0.1, 0.15) is 0 Å². The van der Waals surface area contributed by atoms with Crippen LogP contribution in [-0.2, 0) is 0 Å². The van der Waals surface area contributed by atoms with Gasteiger partial charge in [0.05, 0.1) is 5.70 Å². The second-order valence-electron chi connectivity index (χ2n) is 6.70. The van der Waals surface area contributed by atoms with Crippen LogP contribution < -0.4 is 4.90 Å². The third-order valence-electron chi connectivity index (χ3n) is 5.20. The van der Waals surface area contributed by atoms with Gasteiger partial charge in [-0.25, -0.2) is 0 Å². The summed E-state index contributed by atoms with van der Waals surface area (Å²) in [5, 5.41) is 2.61. The quantitative estimate of drug-likeness (QED) is 0.422. The van der Waals surface area contributed by atoms with Crippen LogP contribution in [0.4, 0.5) is 5.69 Å². The molecule has 5 rings (SSSR count). The van der Waals surface area contributed by atoms with Crippen LogP contribution >= 0.6 is 0 Å². The Hall–Kier alpha value is -3.32. The Bertz CT molecular complexity index is 1120. The highest BCUT2D eigenvalue weighted by atomic mass is 15.1. The molecule has 4 aromatic rings. The lowest BCUT2D eigenvalue weighted by Crippen LogP contribution is -2.21. The number of nitrogens with zero attached hydrogens (tertiary/aromatic N) is 1. The van der Waals surface area contributed by atoms with Crippen molar-refractivity contribution >= 4 is 27.7 Å². The van der Waals surface area contributed by atoms with Gasteiger partial charge in [-0.05, 0) is 28.1 Å². The molecule has 0 N–H and O–H groups in total. The Kier molecular flexibility index (Phi) is 3.39. The van der Waals surface area contributed by atoms with Gasteiger partial charge in [0.15, 0.2) is 0 Å². The molecule has 4 aromatic carbocycles. The van der Waals surface area contributed by atoms with Crippen molar-refractivity contribution in [3.63, 3.8) is 0 Å². The number of hydrogen-bond donors (Lipinski definition) is 0. The number of rotatable bonds is 2. The van der Waals surface area contributed by atoms with Gasteiger partial charge < -0.3 is 4.90 Å². The molecule has 0 saturated heterocycles. The molecule has 1 aliphatic rings.